The molecular formula is C13H10ClFN4. The van der Waals surface area contributed by atoms with Crippen LogP contribution < -0.4 is 5.32 Å². The second-order valence-corrected chi connectivity index (χ2v) is 4.27. The van der Waals surface area contributed by atoms with Crippen LogP contribution in [0.25, 0.3) is 0 Å². The SMILES string of the molecule is CC(Nc1nc(Cl)ncc1F)c1ccc(C#N)cc1. The van der Waals surface area contributed by atoms with Crippen molar-refractivity contribution in [2.75, 3.05) is 5.32 Å². The molecule has 0 aliphatic rings. The van der Waals surface area contributed by atoms with Gasteiger partial charge in [-0.05, 0) is 36.2 Å². The first-order valence-corrected chi connectivity index (χ1v) is 5.92. The fourth-order valence-electron chi connectivity index (χ4n) is 1.58. The van der Waals surface area contributed by atoms with Gasteiger partial charge in [0.25, 0.3) is 0 Å². The Balaban J connectivity index is 2.18. The van der Waals surface area contributed by atoms with E-state index in [9.17, 15) is 4.39 Å². The summed E-state index contributed by atoms with van der Waals surface area (Å²) >= 11 is 5.62. The van der Waals surface area contributed by atoms with Gasteiger partial charge in [-0.25, -0.2) is 9.37 Å². The summed E-state index contributed by atoms with van der Waals surface area (Å²) in [4.78, 5) is 7.33. The van der Waals surface area contributed by atoms with Crippen LogP contribution in [0.3, 0.4) is 0 Å². The minimum atomic E-state index is -0.565. The summed E-state index contributed by atoms with van der Waals surface area (Å²) in [5.74, 6) is -0.512. The van der Waals surface area contributed by atoms with Crippen molar-refractivity contribution in [3.8, 4) is 6.07 Å². The van der Waals surface area contributed by atoms with E-state index in [0.29, 0.717) is 5.56 Å². The van der Waals surface area contributed by atoms with Crippen molar-refractivity contribution >= 4 is 17.4 Å². The highest BCUT2D eigenvalue weighted by Gasteiger charge is 2.11. The van der Waals surface area contributed by atoms with E-state index in [-0.39, 0.29) is 17.1 Å². The van der Waals surface area contributed by atoms with Gasteiger partial charge < -0.3 is 5.32 Å². The predicted octanol–water partition coefficient (Wildman–Crippen LogP) is 3.31. The lowest BCUT2D eigenvalue weighted by molar-refractivity contribution is 0.613. The molecule has 1 N–H and O–H groups in total. The summed E-state index contributed by atoms with van der Waals surface area (Å²) in [5.41, 5.74) is 1.49. The molecule has 0 saturated carbocycles. The van der Waals surface area contributed by atoms with Gasteiger partial charge in [0.1, 0.15) is 0 Å². The van der Waals surface area contributed by atoms with Crippen molar-refractivity contribution in [2.24, 2.45) is 0 Å². The summed E-state index contributed by atoms with van der Waals surface area (Å²) < 4.78 is 13.5. The Labute approximate surface area is 114 Å². The highest BCUT2D eigenvalue weighted by Crippen LogP contribution is 2.20. The molecule has 1 atom stereocenters. The standard InChI is InChI=1S/C13H10ClFN4/c1-8(10-4-2-9(6-16)3-5-10)18-12-11(15)7-17-13(14)19-12/h2-5,7-8H,1H3,(H,17,18,19). The fraction of sp³-hybridized carbons (Fsp3) is 0.154. The van der Waals surface area contributed by atoms with Crippen LogP contribution in [0.5, 0.6) is 0 Å². The number of hydrogen-bond donors (Lipinski definition) is 1. The maximum Gasteiger partial charge on any atom is 0.224 e. The summed E-state index contributed by atoms with van der Waals surface area (Å²) in [6, 6.07) is 8.88. The molecule has 0 aliphatic carbocycles. The third-order valence-corrected chi connectivity index (χ3v) is 2.79. The zero-order valence-corrected chi connectivity index (χ0v) is 10.8. The number of benzene rings is 1. The first-order chi connectivity index (χ1) is 9.10. The fourth-order valence-corrected chi connectivity index (χ4v) is 1.71. The van der Waals surface area contributed by atoms with E-state index in [2.05, 4.69) is 15.3 Å². The van der Waals surface area contributed by atoms with Gasteiger partial charge in [0.15, 0.2) is 11.6 Å². The molecule has 2 aromatic rings. The molecular weight excluding hydrogens is 267 g/mol. The number of aromatic nitrogens is 2. The van der Waals surface area contributed by atoms with Crippen LogP contribution in [0, 0.1) is 17.1 Å². The Kier molecular flexibility index (Phi) is 3.93. The first kappa shape index (κ1) is 13.2. The van der Waals surface area contributed by atoms with Crippen LogP contribution in [0.2, 0.25) is 5.28 Å². The van der Waals surface area contributed by atoms with E-state index in [1.807, 2.05) is 13.0 Å². The summed E-state index contributed by atoms with van der Waals surface area (Å²) in [7, 11) is 0. The Morgan fingerprint density at radius 1 is 1.37 bits per heavy atom. The number of nitriles is 1. The van der Waals surface area contributed by atoms with Gasteiger partial charge in [0.05, 0.1) is 23.9 Å². The zero-order valence-electron chi connectivity index (χ0n) is 10.1. The third kappa shape index (κ3) is 3.18. The second kappa shape index (κ2) is 5.63. The largest absolute Gasteiger partial charge is 0.361 e. The Morgan fingerprint density at radius 3 is 2.68 bits per heavy atom. The number of anilines is 1. The molecule has 0 saturated heterocycles. The molecule has 0 amide bonds. The Bertz CT molecular complexity index is 622. The average Bonchev–Trinajstić information content (AvgIpc) is 2.43. The van der Waals surface area contributed by atoms with Crippen LogP contribution in [-0.2, 0) is 0 Å². The van der Waals surface area contributed by atoms with Crippen LogP contribution in [0.4, 0.5) is 10.2 Å². The Hall–Kier alpha value is -2.19. The molecule has 1 heterocycles. The molecule has 0 bridgehead atoms. The van der Waals surface area contributed by atoms with E-state index < -0.39 is 5.82 Å². The predicted molar refractivity (Wildman–Crippen MR) is 70.2 cm³/mol. The van der Waals surface area contributed by atoms with Crippen LogP contribution >= 0.6 is 11.6 Å². The van der Waals surface area contributed by atoms with Crippen LogP contribution in [0.1, 0.15) is 24.1 Å². The molecule has 1 unspecified atom stereocenters. The van der Waals surface area contributed by atoms with Gasteiger partial charge in [-0.15, -0.1) is 0 Å². The average molecular weight is 277 g/mol. The number of halogens is 2. The minimum absolute atomic E-state index is 0.0177. The molecule has 96 valence electrons. The molecule has 0 spiro atoms. The van der Waals surface area contributed by atoms with Crippen molar-refractivity contribution in [1.29, 1.82) is 5.26 Å². The minimum Gasteiger partial charge on any atom is -0.361 e. The van der Waals surface area contributed by atoms with E-state index in [1.165, 1.54) is 0 Å². The highest BCUT2D eigenvalue weighted by atomic mass is 35.5. The summed E-state index contributed by atoms with van der Waals surface area (Å²) in [5, 5.41) is 11.6. The van der Waals surface area contributed by atoms with E-state index >= 15 is 0 Å². The van der Waals surface area contributed by atoms with Crippen molar-refractivity contribution in [3.05, 3.63) is 52.7 Å². The molecule has 1 aromatic heterocycles. The smallest absolute Gasteiger partial charge is 0.224 e. The van der Waals surface area contributed by atoms with Crippen LogP contribution in [-0.4, -0.2) is 9.97 Å². The molecule has 6 heteroatoms. The lowest BCUT2D eigenvalue weighted by Crippen LogP contribution is -2.10. The number of nitrogens with one attached hydrogen (secondary N) is 1. The third-order valence-electron chi connectivity index (χ3n) is 2.61. The van der Waals surface area contributed by atoms with E-state index in [4.69, 9.17) is 16.9 Å². The van der Waals surface area contributed by atoms with Gasteiger partial charge in [-0.1, -0.05) is 12.1 Å². The molecule has 0 radical (unpaired) electrons. The van der Waals surface area contributed by atoms with Gasteiger partial charge in [0, 0.05) is 0 Å². The molecule has 1 aromatic carbocycles. The normalized spacial score (nSPS) is 11.7. The maximum atomic E-state index is 13.5. The Morgan fingerprint density at radius 2 is 2.05 bits per heavy atom. The lowest BCUT2D eigenvalue weighted by Gasteiger charge is -2.15. The number of hydrogen-bond acceptors (Lipinski definition) is 4. The molecule has 2 rings (SSSR count). The lowest BCUT2D eigenvalue weighted by atomic mass is 10.1. The summed E-state index contributed by atoms with van der Waals surface area (Å²) in [6.07, 6.45) is 1.02. The number of rotatable bonds is 3. The van der Waals surface area contributed by atoms with Crippen molar-refractivity contribution in [3.63, 3.8) is 0 Å². The quantitative estimate of drug-likeness (QED) is 0.874. The van der Waals surface area contributed by atoms with Gasteiger partial charge in [0.2, 0.25) is 5.28 Å². The molecule has 0 aliphatic heterocycles. The van der Waals surface area contributed by atoms with E-state index in [0.717, 1.165) is 11.8 Å². The summed E-state index contributed by atoms with van der Waals surface area (Å²) in [6.45, 7) is 1.86. The van der Waals surface area contributed by atoms with Crippen molar-refractivity contribution in [2.45, 2.75) is 13.0 Å². The van der Waals surface area contributed by atoms with E-state index in [1.54, 1.807) is 24.3 Å². The van der Waals surface area contributed by atoms with Crippen LogP contribution in [0.15, 0.2) is 30.5 Å². The zero-order chi connectivity index (χ0) is 13.8. The first-order valence-electron chi connectivity index (χ1n) is 5.55. The monoisotopic (exact) mass is 276 g/mol. The molecule has 4 nitrogen and oxygen atoms in total. The maximum absolute atomic E-state index is 13.5. The van der Waals surface area contributed by atoms with Gasteiger partial charge in [-0.2, -0.15) is 10.2 Å². The second-order valence-electron chi connectivity index (χ2n) is 3.94. The molecule has 0 fully saturated rings. The van der Waals surface area contributed by atoms with Crippen molar-refractivity contribution < 1.29 is 4.39 Å². The van der Waals surface area contributed by atoms with Gasteiger partial charge in [-0.3, -0.25) is 0 Å². The molecule has 19 heavy (non-hydrogen) atoms. The van der Waals surface area contributed by atoms with Crippen molar-refractivity contribution in [1.82, 2.24) is 9.97 Å². The van der Waals surface area contributed by atoms with Gasteiger partial charge >= 0.3 is 0 Å². The highest BCUT2D eigenvalue weighted by molar-refractivity contribution is 6.28. The number of nitrogens with zero attached hydrogens (tertiary/aromatic N) is 3. The topological polar surface area (TPSA) is 61.6 Å².